The molecule has 0 unspecified atom stereocenters. The van der Waals surface area contributed by atoms with Crippen LogP contribution in [0.15, 0.2) is 24.3 Å². The van der Waals surface area contributed by atoms with Crippen LogP contribution in [0.25, 0.3) is 0 Å². The van der Waals surface area contributed by atoms with Gasteiger partial charge in [0.15, 0.2) is 0 Å². The van der Waals surface area contributed by atoms with Crippen LogP contribution in [0.3, 0.4) is 0 Å². The Morgan fingerprint density at radius 1 is 1.06 bits per heavy atom. The molecule has 0 fully saturated rings. The maximum absolute atomic E-state index is 8.68. The molecular formula is C12H14Cl2N2. The van der Waals surface area contributed by atoms with Crippen LogP contribution in [-0.2, 0) is 6.54 Å². The maximum atomic E-state index is 8.68. The van der Waals surface area contributed by atoms with Gasteiger partial charge in [0.05, 0.1) is 11.6 Å². The number of alkyl halides is 2. The monoisotopic (exact) mass is 256 g/mol. The van der Waals surface area contributed by atoms with Gasteiger partial charge in [-0.15, -0.1) is 23.2 Å². The molecule has 0 aliphatic rings. The van der Waals surface area contributed by atoms with Gasteiger partial charge in [-0.05, 0) is 17.7 Å². The van der Waals surface area contributed by atoms with Gasteiger partial charge in [-0.25, -0.2) is 0 Å². The van der Waals surface area contributed by atoms with E-state index in [1.807, 2.05) is 24.3 Å². The lowest BCUT2D eigenvalue weighted by molar-refractivity contribution is 0.299. The first kappa shape index (κ1) is 13.3. The molecule has 2 nitrogen and oxygen atoms in total. The molecule has 1 aromatic carbocycles. The van der Waals surface area contributed by atoms with E-state index in [0.29, 0.717) is 17.3 Å². The van der Waals surface area contributed by atoms with Crippen molar-refractivity contribution in [1.29, 1.82) is 5.26 Å². The molecule has 0 N–H and O–H groups in total. The van der Waals surface area contributed by atoms with Crippen molar-refractivity contribution in [3.05, 3.63) is 35.4 Å². The predicted octanol–water partition coefficient (Wildman–Crippen LogP) is 2.84. The normalized spacial score (nSPS) is 10.4. The van der Waals surface area contributed by atoms with Crippen molar-refractivity contribution in [1.82, 2.24) is 4.90 Å². The van der Waals surface area contributed by atoms with Crippen LogP contribution in [0.1, 0.15) is 11.1 Å². The van der Waals surface area contributed by atoms with Gasteiger partial charge in [0.25, 0.3) is 0 Å². The molecule has 0 amide bonds. The van der Waals surface area contributed by atoms with Crippen LogP contribution in [0.2, 0.25) is 0 Å². The average Bonchev–Trinajstić information content (AvgIpc) is 2.31. The van der Waals surface area contributed by atoms with Crippen molar-refractivity contribution >= 4 is 23.2 Å². The summed E-state index contributed by atoms with van der Waals surface area (Å²) < 4.78 is 0. The quantitative estimate of drug-likeness (QED) is 0.733. The molecule has 0 saturated carbocycles. The highest BCUT2D eigenvalue weighted by Crippen LogP contribution is 2.07. The Kier molecular flexibility index (Phi) is 6.25. The molecular weight excluding hydrogens is 243 g/mol. The molecule has 1 aromatic rings. The molecule has 0 aromatic heterocycles. The van der Waals surface area contributed by atoms with E-state index in [1.54, 1.807) is 0 Å². The van der Waals surface area contributed by atoms with Gasteiger partial charge in [-0.3, -0.25) is 4.90 Å². The fourth-order valence-corrected chi connectivity index (χ4v) is 1.93. The van der Waals surface area contributed by atoms with E-state index in [-0.39, 0.29) is 0 Å². The standard InChI is InChI=1S/C12H14Cl2N2/c13-5-7-16(8-6-14)10-12-3-1-11(9-15)2-4-12/h1-4H,5-8,10H2. The molecule has 0 saturated heterocycles. The number of benzene rings is 1. The second kappa shape index (κ2) is 7.51. The minimum absolute atomic E-state index is 0.604. The number of rotatable bonds is 6. The Morgan fingerprint density at radius 3 is 2.06 bits per heavy atom. The van der Waals surface area contributed by atoms with Gasteiger partial charge >= 0.3 is 0 Å². The molecule has 4 heteroatoms. The molecule has 0 heterocycles. The van der Waals surface area contributed by atoms with Gasteiger partial charge < -0.3 is 0 Å². The van der Waals surface area contributed by atoms with E-state index >= 15 is 0 Å². The summed E-state index contributed by atoms with van der Waals surface area (Å²) in [6.45, 7) is 2.48. The highest BCUT2D eigenvalue weighted by atomic mass is 35.5. The number of halogens is 2. The summed E-state index contributed by atoms with van der Waals surface area (Å²) in [5.41, 5.74) is 1.86. The second-order valence-corrected chi connectivity index (χ2v) is 4.22. The van der Waals surface area contributed by atoms with Gasteiger partial charge in [-0.1, -0.05) is 12.1 Å². The largest absolute Gasteiger partial charge is 0.297 e. The highest BCUT2D eigenvalue weighted by Gasteiger charge is 2.04. The van der Waals surface area contributed by atoms with Crippen LogP contribution in [0.4, 0.5) is 0 Å². The van der Waals surface area contributed by atoms with Crippen molar-refractivity contribution in [2.75, 3.05) is 24.8 Å². The van der Waals surface area contributed by atoms with Crippen molar-refractivity contribution in [2.45, 2.75) is 6.54 Å². The van der Waals surface area contributed by atoms with E-state index in [9.17, 15) is 0 Å². The molecule has 0 bridgehead atoms. The molecule has 0 aliphatic carbocycles. The zero-order chi connectivity index (χ0) is 11.8. The second-order valence-electron chi connectivity index (χ2n) is 3.46. The highest BCUT2D eigenvalue weighted by molar-refractivity contribution is 6.18. The average molecular weight is 257 g/mol. The summed E-state index contributed by atoms with van der Waals surface area (Å²) in [7, 11) is 0. The maximum Gasteiger partial charge on any atom is 0.0991 e. The van der Waals surface area contributed by atoms with E-state index in [0.717, 1.165) is 19.6 Å². The van der Waals surface area contributed by atoms with Crippen LogP contribution >= 0.6 is 23.2 Å². The Morgan fingerprint density at radius 2 is 1.62 bits per heavy atom. The Hall–Kier alpha value is -0.750. The SMILES string of the molecule is N#Cc1ccc(CN(CCCl)CCCl)cc1. The number of hydrogen-bond acceptors (Lipinski definition) is 2. The minimum Gasteiger partial charge on any atom is -0.297 e. The Bertz CT molecular complexity index is 337. The summed E-state index contributed by atoms with van der Waals surface area (Å²) in [6, 6.07) is 9.69. The van der Waals surface area contributed by atoms with E-state index in [2.05, 4.69) is 11.0 Å². The summed E-state index contributed by atoms with van der Waals surface area (Å²) >= 11 is 11.4. The first-order chi connectivity index (χ1) is 7.80. The van der Waals surface area contributed by atoms with Crippen molar-refractivity contribution < 1.29 is 0 Å². The van der Waals surface area contributed by atoms with Crippen molar-refractivity contribution in [3.63, 3.8) is 0 Å². The Balaban J connectivity index is 2.59. The fourth-order valence-electron chi connectivity index (χ4n) is 1.45. The van der Waals surface area contributed by atoms with E-state index in [4.69, 9.17) is 28.5 Å². The Labute approximate surface area is 106 Å². The summed E-state index contributed by atoms with van der Waals surface area (Å²) in [6.07, 6.45) is 0. The predicted molar refractivity (Wildman–Crippen MR) is 67.9 cm³/mol. The summed E-state index contributed by atoms with van der Waals surface area (Å²) in [5.74, 6) is 1.21. The van der Waals surface area contributed by atoms with Gasteiger partial charge in [0.2, 0.25) is 0 Å². The number of nitrogens with zero attached hydrogens (tertiary/aromatic N) is 2. The molecule has 0 atom stereocenters. The lowest BCUT2D eigenvalue weighted by Gasteiger charge is -2.19. The summed E-state index contributed by atoms with van der Waals surface area (Å²) in [4.78, 5) is 2.20. The third-order valence-corrected chi connectivity index (χ3v) is 2.63. The lowest BCUT2D eigenvalue weighted by Crippen LogP contribution is -2.27. The zero-order valence-corrected chi connectivity index (χ0v) is 10.5. The van der Waals surface area contributed by atoms with Crippen LogP contribution in [-0.4, -0.2) is 29.7 Å². The van der Waals surface area contributed by atoms with Gasteiger partial charge in [-0.2, -0.15) is 5.26 Å². The first-order valence-corrected chi connectivity index (χ1v) is 6.20. The van der Waals surface area contributed by atoms with Crippen molar-refractivity contribution in [3.8, 4) is 6.07 Å². The van der Waals surface area contributed by atoms with E-state index < -0.39 is 0 Å². The van der Waals surface area contributed by atoms with Crippen LogP contribution < -0.4 is 0 Å². The van der Waals surface area contributed by atoms with Gasteiger partial charge in [0.1, 0.15) is 0 Å². The molecule has 86 valence electrons. The zero-order valence-electron chi connectivity index (χ0n) is 9.00. The van der Waals surface area contributed by atoms with E-state index in [1.165, 1.54) is 5.56 Å². The molecule has 16 heavy (non-hydrogen) atoms. The molecule has 0 radical (unpaired) electrons. The smallest absolute Gasteiger partial charge is 0.0991 e. The summed E-state index contributed by atoms with van der Waals surface area (Å²) in [5, 5.41) is 8.68. The lowest BCUT2D eigenvalue weighted by atomic mass is 10.1. The molecule has 0 spiro atoms. The molecule has 1 rings (SSSR count). The number of hydrogen-bond donors (Lipinski definition) is 0. The third kappa shape index (κ3) is 4.40. The number of nitriles is 1. The van der Waals surface area contributed by atoms with Crippen molar-refractivity contribution in [2.24, 2.45) is 0 Å². The van der Waals surface area contributed by atoms with Crippen LogP contribution in [0.5, 0.6) is 0 Å². The fraction of sp³-hybridized carbons (Fsp3) is 0.417. The first-order valence-electron chi connectivity index (χ1n) is 5.13. The minimum atomic E-state index is 0.604. The van der Waals surface area contributed by atoms with Crippen LogP contribution in [0, 0.1) is 11.3 Å². The van der Waals surface area contributed by atoms with Gasteiger partial charge in [0, 0.05) is 31.4 Å². The molecule has 0 aliphatic heterocycles. The topological polar surface area (TPSA) is 27.0 Å². The third-order valence-electron chi connectivity index (χ3n) is 2.29.